The number of nitrogens with one attached hydrogen (secondary N) is 1. The first-order valence-electron chi connectivity index (χ1n) is 9.43. The molecule has 0 bridgehead atoms. The topological polar surface area (TPSA) is 86.8 Å². The maximum absolute atomic E-state index is 13.3. The molecule has 2 amide bonds. The summed E-state index contributed by atoms with van der Waals surface area (Å²) in [5.41, 5.74) is 1.49. The average Bonchev–Trinajstić information content (AvgIpc) is 2.70. The second-order valence-electron chi connectivity index (χ2n) is 7.14. The van der Waals surface area contributed by atoms with Crippen LogP contribution in [0.1, 0.15) is 18.1 Å². The van der Waals surface area contributed by atoms with Gasteiger partial charge in [-0.25, -0.2) is 12.8 Å². The third-order valence-electron chi connectivity index (χ3n) is 4.79. The number of hydrogen-bond acceptors (Lipinski definition) is 4. The third-order valence-corrected chi connectivity index (χ3v) is 6.15. The Labute approximate surface area is 186 Å². The molecular formula is C21H25ClFN3O4S. The van der Waals surface area contributed by atoms with Gasteiger partial charge in [0.05, 0.1) is 11.9 Å². The zero-order valence-corrected chi connectivity index (χ0v) is 19.3. The molecule has 7 nitrogen and oxygen atoms in total. The Morgan fingerprint density at radius 3 is 2.29 bits per heavy atom. The number of carbonyl (C=O) groups is 2. The molecule has 0 saturated carbocycles. The van der Waals surface area contributed by atoms with Crippen molar-refractivity contribution in [2.75, 3.05) is 24.2 Å². The van der Waals surface area contributed by atoms with Crippen LogP contribution in [0.25, 0.3) is 0 Å². The van der Waals surface area contributed by atoms with Crippen LogP contribution in [0.2, 0.25) is 5.02 Å². The molecule has 0 spiro atoms. The molecule has 1 unspecified atom stereocenters. The SMILES string of the molecule is CNC(=O)C(C)N(Cc1ccc(F)cc1)C(=O)CN(c1ccc(Cl)cc1C)S(C)(=O)=O. The molecule has 0 aliphatic carbocycles. The van der Waals surface area contributed by atoms with Gasteiger partial charge in [0.1, 0.15) is 18.4 Å². The Hall–Kier alpha value is -2.65. The van der Waals surface area contributed by atoms with Crippen molar-refractivity contribution in [3.8, 4) is 0 Å². The molecule has 0 aromatic heterocycles. The van der Waals surface area contributed by atoms with E-state index < -0.39 is 40.2 Å². The van der Waals surface area contributed by atoms with E-state index in [4.69, 9.17) is 11.6 Å². The van der Waals surface area contributed by atoms with Crippen molar-refractivity contribution >= 4 is 39.1 Å². The van der Waals surface area contributed by atoms with Gasteiger partial charge in [-0.1, -0.05) is 23.7 Å². The fourth-order valence-electron chi connectivity index (χ4n) is 3.07. The highest BCUT2D eigenvalue weighted by Crippen LogP contribution is 2.26. The number of aryl methyl sites for hydroxylation is 1. The number of likely N-dealkylation sites (N-methyl/N-ethyl adjacent to an activating group) is 1. The largest absolute Gasteiger partial charge is 0.357 e. The maximum Gasteiger partial charge on any atom is 0.244 e. The predicted octanol–water partition coefficient (Wildman–Crippen LogP) is 2.72. The van der Waals surface area contributed by atoms with Gasteiger partial charge in [0.2, 0.25) is 21.8 Å². The van der Waals surface area contributed by atoms with Gasteiger partial charge in [-0.2, -0.15) is 0 Å². The lowest BCUT2D eigenvalue weighted by Crippen LogP contribution is -2.50. The third kappa shape index (κ3) is 6.41. The predicted molar refractivity (Wildman–Crippen MR) is 119 cm³/mol. The summed E-state index contributed by atoms with van der Waals surface area (Å²) in [4.78, 5) is 26.7. The van der Waals surface area contributed by atoms with Crippen molar-refractivity contribution in [2.24, 2.45) is 0 Å². The van der Waals surface area contributed by atoms with E-state index in [1.165, 1.54) is 48.3 Å². The van der Waals surface area contributed by atoms with Gasteiger partial charge in [0.25, 0.3) is 0 Å². The smallest absolute Gasteiger partial charge is 0.244 e. The molecule has 2 aromatic carbocycles. The van der Waals surface area contributed by atoms with Crippen LogP contribution in [0.3, 0.4) is 0 Å². The van der Waals surface area contributed by atoms with Gasteiger partial charge < -0.3 is 10.2 Å². The molecule has 2 aromatic rings. The number of carbonyl (C=O) groups excluding carboxylic acids is 2. The highest BCUT2D eigenvalue weighted by molar-refractivity contribution is 7.92. The fourth-order valence-corrected chi connectivity index (χ4v) is 4.21. The average molecular weight is 470 g/mol. The molecule has 168 valence electrons. The van der Waals surface area contributed by atoms with Crippen LogP contribution in [-0.4, -0.2) is 51.0 Å². The summed E-state index contributed by atoms with van der Waals surface area (Å²) in [5, 5.41) is 2.92. The van der Waals surface area contributed by atoms with E-state index in [0.29, 0.717) is 21.8 Å². The minimum Gasteiger partial charge on any atom is -0.357 e. The molecule has 10 heteroatoms. The van der Waals surface area contributed by atoms with Gasteiger partial charge >= 0.3 is 0 Å². The fraction of sp³-hybridized carbons (Fsp3) is 0.333. The zero-order chi connectivity index (χ0) is 23.3. The number of halogens is 2. The van der Waals surface area contributed by atoms with Crippen molar-refractivity contribution in [2.45, 2.75) is 26.4 Å². The van der Waals surface area contributed by atoms with Gasteiger partial charge in [-0.15, -0.1) is 0 Å². The molecule has 0 saturated heterocycles. The Balaban J connectivity index is 2.40. The van der Waals surface area contributed by atoms with E-state index in [-0.39, 0.29) is 6.54 Å². The zero-order valence-electron chi connectivity index (χ0n) is 17.7. The first-order chi connectivity index (χ1) is 14.4. The van der Waals surface area contributed by atoms with Crippen LogP contribution in [0.5, 0.6) is 0 Å². The molecule has 0 heterocycles. The summed E-state index contributed by atoms with van der Waals surface area (Å²) >= 11 is 5.97. The highest BCUT2D eigenvalue weighted by Gasteiger charge is 2.30. The normalized spacial score (nSPS) is 12.2. The minimum absolute atomic E-state index is 0.00486. The van der Waals surface area contributed by atoms with E-state index in [1.54, 1.807) is 19.9 Å². The minimum atomic E-state index is -3.82. The monoisotopic (exact) mass is 469 g/mol. The summed E-state index contributed by atoms with van der Waals surface area (Å²) < 4.78 is 39.2. The highest BCUT2D eigenvalue weighted by atomic mass is 35.5. The first kappa shape index (κ1) is 24.6. The van der Waals surface area contributed by atoms with Crippen LogP contribution in [-0.2, 0) is 26.2 Å². The molecule has 1 atom stereocenters. The van der Waals surface area contributed by atoms with Crippen LogP contribution < -0.4 is 9.62 Å². The van der Waals surface area contributed by atoms with E-state index in [2.05, 4.69) is 5.32 Å². The summed E-state index contributed by atoms with van der Waals surface area (Å²) in [5.74, 6) is -1.42. The summed E-state index contributed by atoms with van der Waals surface area (Å²) in [6, 6.07) is 9.30. The molecule has 0 fully saturated rings. The molecule has 31 heavy (non-hydrogen) atoms. The van der Waals surface area contributed by atoms with Crippen molar-refractivity contribution < 1.29 is 22.4 Å². The van der Waals surface area contributed by atoms with Crippen molar-refractivity contribution in [1.29, 1.82) is 0 Å². The van der Waals surface area contributed by atoms with E-state index in [9.17, 15) is 22.4 Å². The van der Waals surface area contributed by atoms with Gasteiger partial charge in [0, 0.05) is 18.6 Å². The molecule has 1 N–H and O–H groups in total. The second-order valence-corrected chi connectivity index (χ2v) is 9.48. The Kier molecular flexibility index (Phi) is 8.02. The Morgan fingerprint density at radius 2 is 1.77 bits per heavy atom. The van der Waals surface area contributed by atoms with Crippen molar-refractivity contribution in [1.82, 2.24) is 10.2 Å². The Bertz CT molecular complexity index is 1060. The lowest BCUT2D eigenvalue weighted by molar-refractivity contribution is -0.139. The summed E-state index contributed by atoms with van der Waals surface area (Å²) in [7, 11) is -2.38. The standard InChI is InChI=1S/C21H25ClFN3O4S/c1-14-11-17(22)7-10-19(14)26(31(4,29)30)13-20(27)25(15(2)21(28)24-3)12-16-5-8-18(23)9-6-16/h5-11,15H,12-13H2,1-4H3,(H,24,28). The number of amides is 2. The Morgan fingerprint density at radius 1 is 1.16 bits per heavy atom. The lowest BCUT2D eigenvalue weighted by atomic mass is 10.1. The van der Waals surface area contributed by atoms with Crippen LogP contribution >= 0.6 is 11.6 Å². The van der Waals surface area contributed by atoms with Crippen LogP contribution in [0.15, 0.2) is 42.5 Å². The number of sulfonamides is 1. The van der Waals surface area contributed by atoms with Crippen LogP contribution in [0.4, 0.5) is 10.1 Å². The maximum atomic E-state index is 13.3. The van der Waals surface area contributed by atoms with Gasteiger partial charge in [0.15, 0.2) is 0 Å². The van der Waals surface area contributed by atoms with Gasteiger partial charge in [-0.3, -0.25) is 13.9 Å². The molecule has 2 rings (SSSR count). The lowest BCUT2D eigenvalue weighted by Gasteiger charge is -2.31. The number of benzene rings is 2. The van der Waals surface area contributed by atoms with E-state index in [0.717, 1.165) is 10.6 Å². The number of nitrogens with zero attached hydrogens (tertiary/aromatic N) is 2. The first-order valence-corrected chi connectivity index (χ1v) is 11.7. The number of anilines is 1. The van der Waals surface area contributed by atoms with Crippen molar-refractivity contribution in [3.05, 3.63) is 64.4 Å². The molecular weight excluding hydrogens is 445 g/mol. The molecule has 0 radical (unpaired) electrons. The number of hydrogen-bond donors (Lipinski definition) is 1. The van der Waals surface area contributed by atoms with E-state index >= 15 is 0 Å². The van der Waals surface area contributed by atoms with Crippen LogP contribution in [0, 0.1) is 12.7 Å². The van der Waals surface area contributed by atoms with E-state index in [1.807, 2.05) is 0 Å². The molecule has 0 aliphatic heterocycles. The summed E-state index contributed by atoms with van der Waals surface area (Å²) in [6.07, 6.45) is 1.00. The summed E-state index contributed by atoms with van der Waals surface area (Å²) in [6.45, 7) is 2.72. The second kappa shape index (κ2) is 10.1. The van der Waals surface area contributed by atoms with Gasteiger partial charge in [-0.05, 0) is 55.3 Å². The van der Waals surface area contributed by atoms with Crippen molar-refractivity contribution in [3.63, 3.8) is 0 Å². The number of rotatable bonds is 8. The quantitative estimate of drug-likeness (QED) is 0.644. The molecule has 0 aliphatic rings.